The van der Waals surface area contributed by atoms with Crippen molar-refractivity contribution in [1.82, 2.24) is 14.8 Å². The summed E-state index contributed by atoms with van der Waals surface area (Å²) >= 11 is 0. The van der Waals surface area contributed by atoms with Gasteiger partial charge in [-0.15, -0.1) is 0 Å². The smallest absolute Gasteiger partial charge is 0.323 e. The molecule has 1 aliphatic heterocycles. The van der Waals surface area contributed by atoms with Gasteiger partial charge in [0.05, 0.1) is 24.8 Å². The summed E-state index contributed by atoms with van der Waals surface area (Å²) in [6.07, 6.45) is 3.31. The van der Waals surface area contributed by atoms with E-state index in [1.807, 2.05) is 33.0 Å². The number of para-hydroxylation sites is 1. The van der Waals surface area contributed by atoms with Gasteiger partial charge in [0.25, 0.3) is 0 Å². The maximum Gasteiger partial charge on any atom is 0.323 e. The van der Waals surface area contributed by atoms with Crippen LogP contribution in [0.25, 0.3) is 0 Å². The van der Waals surface area contributed by atoms with Gasteiger partial charge < -0.3 is 25.4 Å². The number of likely N-dealkylation sites (N-methyl/N-ethyl adjacent to an activating group) is 1. The highest BCUT2D eigenvalue weighted by Gasteiger charge is 2.31. The van der Waals surface area contributed by atoms with Crippen LogP contribution in [0.3, 0.4) is 0 Å². The molecule has 9 nitrogen and oxygen atoms in total. The van der Waals surface area contributed by atoms with Crippen LogP contribution < -0.4 is 15.4 Å². The number of urea groups is 1. The third kappa shape index (κ3) is 7.55. The minimum absolute atomic E-state index is 0.0341. The molecule has 10 heteroatoms. The van der Waals surface area contributed by atoms with E-state index in [-0.39, 0.29) is 42.7 Å². The number of carbonyl (C=O) groups excluding carboxylic acids is 2. The number of ether oxygens (including phenoxy) is 1. The minimum atomic E-state index is -0.611. The number of carbonyl (C=O) groups is 2. The molecule has 3 amide bonds. The van der Waals surface area contributed by atoms with E-state index in [2.05, 4.69) is 20.5 Å². The van der Waals surface area contributed by atoms with Crippen LogP contribution in [0.2, 0.25) is 0 Å². The third-order valence-electron chi connectivity index (χ3n) is 6.99. The van der Waals surface area contributed by atoms with E-state index in [0.717, 1.165) is 5.56 Å². The lowest BCUT2D eigenvalue weighted by Crippen LogP contribution is -2.47. The lowest BCUT2D eigenvalue weighted by atomic mass is 10.0. The van der Waals surface area contributed by atoms with E-state index in [1.54, 1.807) is 47.6 Å². The monoisotopic (exact) mass is 549 g/mol. The summed E-state index contributed by atoms with van der Waals surface area (Å²) in [6, 6.07) is 14.0. The summed E-state index contributed by atoms with van der Waals surface area (Å²) in [5.41, 5.74) is 2.23. The number of hydrogen-bond donors (Lipinski definition) is 3. The number of anilines is 2. The lowest BCUT2D eigenvalue weighted by Gasteiger charge is -2.34. The fraction of sp³-hybridized carbons (Fsp3) is 0.367. The summed E-state index contributed by atoms with van der Waals surface area (Å²) in [6.45, 7) is 5.44. The Morgan fingerprint density at radius 3 is 2.67 bits per heavy atom. The van der Waals surface area contributed by atoms with Gasteiger partial charge in [0.1, 0.15) is 17.7 Å². The van der Waals surface area contributed by atoms with Gasteiger partial charge in [0.2, 0.25) is 5.91 Å². The lowest BCUT2D eigenvalue weighted by molar-refractivity contribution is -0.134. The highest BCUT2D eigenvalue weighted by Crippen LogP contribution is 2.29. The molecule has 2 aromatic carbocycles. The highest BCUT2D eigenvalue weighted by atomic mass is 19.1. The zero-order valence-electron chi connectivity index (χ0n) is 23.0. The summed E-state index contributed by atoms with van der Waals surface area (Å²) in [7, 11) is 2.02. The van der Waals surface area contributed by atoms with Gasteiger partial charge in [-0.25, -0.2) is 9.18 Å². The number of benzene rings is 2. The Kier molecular flexibility index (Phi) is 9.68. The first-order chi connectivity index (χ1) is 19.2. The number of nitrogens with zero attached hydrogens (tertiary/aromatic N) is 3. The van der Waals surface area contributed by atoms with Crippen molar-refractivity contribution < 1.29 is 23.8 Å². The molecule has 212 valence electrons. The van der Waals surface area contributed by atoms with Crippen LogP contribution in [0.1, 0.15) is 25.0 Å². The summed E-state index contributed by atoms with van der Waals surface area (Å²) in [5, 5.41) is 15.1. The molecule has 40 heavy (non-hydrogen) atoms. The first-order valence-electron chi connectivity index (χ1n) is 13.3. The van der Waals surface area contributed by atoms with Gasteiger partial charge >= 0.3 is 6.03 Å². The topological polar surface area (TPSA) is 107 Å². The molecule has 1 aliphatic rings. The quantitative estimate of drug-likeness (QED) is 0.390. The second-order valence-electron chi connectivity index (χ2n) is 10.3. The zero-order chi connectivity index (χ0) is 28.6. The standard InChI is InChI=1S/C30H36FN5O4/c1-20-16-36(21(2)19-37)29(38)15-23-14-24(33-30(39)34-26-7-5-4-6-25(26)31)8-9-27(23)40-28(20)18-35(3)17-22-10-12-32-13-11-22/h4-14,20-21,28,37H,15-19H2,1-3H3,(H2,33,34,39)/t20?,21-,28-/m0/s1. The first-order valence-corrected chi connectivity index (χ1v) is 13.3. The zero-order valence-corrected chi connectivity index (χ0v) is 23.0. The highest BCUT2D eigenvalue weighted by molar-refractivity contribution is 6.00. The van der Waals surface area contributed by atoms with Gasteiger partial charge in [-0.05, 0) is 62.0 Å². The van der Waals surface area contributed by atoms with Crippen LogP contribution in [0, 0.1) is 11.7 Å². The predicted octanol–water partition coefficient (Wildman–Crippen LogP) is 4.15. The maximum atomic E-state index is 14.0. The normalized spacial score (nSPS) is 18.1. The van der Waals surface area contributed by atoms with Crippen LogP contribution in [0.15, 0.2) is 67.0 Å². The van der Waals surface area contributed by atoms with Crippen LogP contribution >= 0.6 is 0 Å². The Morgan fingerprint density at radius 2 is 1.95 bits per heavy atom. The molecule has 0 radical (unpaired) electrons. The summed E-state index contributed by atoms with van der Waals surface area (Å²) < 4.78 is 20.5. The third-order valence-corrected chi connectivity index (χ3v) is 6.99. The molecule has 0 saturated carbocycles. The number of pyridine rings is 1. The number of nitrogens with one attached hydrogen (secondary N) is 2. The van der Waals surface area contributed by atoms with Crippen molar-refractivity contribution >= 4 is 23.3 Å². The number of fused-ring (bicyclic) bond motifs is 1. The fourth-order valence-corrected chi connectivity index (χ4v) is 4.74. The van der Waals surface area contributed by atoms with Gasteiger partial charge in [-0.2, -0.15) is 0 Å². The molecule has 1 aromatic heterocycles. The number of aromatic nitrogens is 1. The average Bonchev–Trinajstić information content (AvgIpc) is 2.97. The Balaban J connectivity index is 1.57. The molecule has 4 rings (SSSR count). The van der Waals surface area contributed by atoms with E-state index < -0.39 is 11.8 Å². The number of halogens is 1. The van der Waals surface area contributed by atoms with Crippen molar-refractivity contribution in [3.63, 3.8) is 0 Å². The average molecular weight is 550 g/mol. The SMILES string of the molecule is CC1CN([C@@H](C)CO)C(=O)Cc2cc(NC(=O)Nc3ccccc3F)ccc2O[C@H]1CN(C)Cc1ccncc1. The molecule has 3 N–H and O–H groups in total. The molecule has 1 unspecified atom stereocenters. The largest absolute Gasteiger partial charge is 0.488 e. The molecule has 0 saturated heterocycles. The Labute approximate surface area is 234 Å². The van der Waals surface area contributed by atoms with Crippen molar-refractivity contribution in [3.8, 4) is 5.75 Å². The van der Waals surface area contributed by atoms with Gasteiger partial charge in [-0.1, -0.05) is 19.1 Å². The van der Waals surface area contributed by atoms with Crippen molar-refractivity contribution in [3.05, 3.63) is 83.9 Å². The van der Waals surface area contributed by atoms with Crippen LogP contribution in [0.4, 0.5) is 20.6 Å². The number of aliphatic hydroxyl groups is 1. The predicted molar refractivity (Wildman–Crippen MR) is 152 cm³/mol. The Hall–Kier alpha value is -4.02. The molecule has 0 aliphatic carbocycles. The van der Waals surface area contributed by atoms with Crippen molar-refractivity contribution in [2.45, 2.75) is 39.0 Å². The number of rotatable bonds is 8. The maximum absolute atomic E-state index is 14.0. The van der Waals surface area contributed by atoms with E-state index in [0.29, 0.717) is 36.6 Å². The molecule has 2 heterocycles. The van der Waals surface area contributed by atoms with Crippen molar-refractivity contribution in [1.29, 1.82) is 0 Å². The van der Waals surface area contributed by atoms with Crippen LogP contribution in [-0.4, -0.2) is 70.7 Å². The van der Waals surface area contributed by atoms with Crippen LogP contribution in [0.5, 0.6) is 5.75 Å². The van der Waals surface area contributed by atoms with Gasteiger partial charge in [0, 0.05) is 49.2 Å². The minimum Gasteiger partial charge on any atom is -0.488 e. The second-order valence-corrected chi connectivity index (χ2v) is 10.3. The fourth-order valence-electron chi connectivity index (χ4n) is 4.74. The van der Waals surface area contributed by atoms with Crippen LogP contribution in [-0.2, 0) is 17.8 Å². The number of hydrogen-bond acceptors (Lipinski definition) is 6. The Bertz CT molecular complexity index is 1310. The second kappa shape index (κ2) is 13.4. The van der Waals surface area contributed by atoms with E-state index >= 15 is 0 Å². The van der Waals surface area contributed by atoms with E-state index in [9.17, 15) is 19.1 Å². The molecule has 0 bridgehead atoms. The van der Waals surface area contributed by atoms with Crippen molar-refractivity contribution in [2.75, 3.05) is 37.4 Å². The van der Waals surface area contributed by atoms with Crippen molar-refractivity contribution in [2.24, 2.45) is 5.92 Å². The summed E-state index contributed by atoms with van der Waals surface area (Å²) in [5.74, 6) is -0.163. The molecule has 0 spiro atoms. The number of aliphatic hydroxyl groups excluding tert-OH is 1. The van der Waals surface area contributed by atoms with Gasteiger partial charge in [-0.3, -0.25) is 14.7 Å². The summed E-state index contributed by atoms with van der Waals surface area (Å²) in [4.78, 5) is 33.9. The molecular formula is C30H36FN5O4. The molecule has 0 fully saturated rings. The van der Waals surface area contributed by atoms with E-state index in [1.165, 1.54) is 12.1 Å². The molecule has 3 atom stereocenters. The number of amides is 3. The molecule has 3 aromatic rings. The first kappa shape index (κ1) is 29.0. The van der Waals surface area contributed by atoms with Gasteiger partial charge in [0.15, 0.2) is 0 Å². The van der Waals surface area contributed by atoms with E-state index in [4.69, 9.17) is 4.74 Å². The Morgan fingerprint density at radius 1 is 1.20 bits per heavy atom. The molecular weight excluding hydrogens is 513 g/mol.